The molecule has 1 atom stereocenters. The number of methoxy groups -OCH3 is 1. The Morgan fingerprint density at radius 3 is 2.84 bits per heavy atom. The third kappa shape index (κ3) is 4.18. The monoisotopic (exact) mass is 411 g/mol. The fourth-order valence-electron chi connectivity index (χ4n) is 4.04. The summed E-state index contributed by atoms with van der Waals surface area (Å²) in [5, 5.41) is 11.8. The Morgan fingerprint density at radius 2 is 1.97 bits per heavy atom. The summed E-state index contributed by atoms with van der Waals surface area (Å²) in [4.78, 5) is 0. The number of fused-ring (bicyclic) bond motifs is 2. The van der Waals surface area contributed by atoms with Gasteiger partial charge in [-0.25, -0.2) is 0 Å². The topological polar surface area (TPSA) is 59.2 Å². The van der Waals surface area contributed by atoms with E-state index in [1.807, 2.05) is 24.4 Å². The Balaban J connectivity index is 1.39. The predicted molar refractivity (Wildman–Crippen MR) is 123 cm³/mol. The van der Waals surface area contributed by atoms with Crippen molar-refractivity contribution in [3.8, 4) is 11.5 Å². The lowest BCUT2D eigenvalue weighted by Gasteiger charge is -2.26. The maximum atomic E-state index is 6.11. The van der Waals surface area contributed by atoms with Crippen molar-refractivity contribution in [1.29, 1.82) is 0 Å². The number of benzene rings is 3. The average molecular weight is 412 g/mol. The van der Waals surface area contributed by atoms with Gasteiger partial charge in [0.2, 0.25) is 0 Å². The number of rotatable bonds is 6. The largest absolute Gasteiger partial charge is 0.493 e. The summed E-state index contributed by atoms with van der Waals surface area (Å²) >= 11 is 0. The van der Waals surface area contributed by atoms with E-state index in [1.54, 1.807) is 7.11 Å². The molecule has 0 spiro atoms. The third-order valence-electron chi connectivity index (χ3n) is 5.70. The number of nitrogens with zero attached hydrogens (tertiary/aromatic N) is 1. The van der Waals surface area contributed by atoms with Crippen molar-refractivity contribution < 1.29 is 9.47 Å². The van der Waals surface area contributed by atoms with Gasteiger partial charge in [0.25, 0.3) is 0 Å². The van der Waals surface area contributed by atoms with Gasteiger partial charge in [-0.2, -0.15) is 5.10 Å². The average Bonchev–Trinajstić information content (AvgIpc) is 3.29. The van der Waals surface area contributed by atoms with E-state index in [-0.39, 0.29) is 6.04 Å². The SMILES string of the molecule is COc1cc2c(cc1OCc1ccccc1)CCNC2C=Cc1ccc2cn[nH]c2c1. The van der Waals surface area contributed by atoms with E-state index in [0.29, 0.717) is 6.61 Å². The zero-order valence-electron chi connectivity index (χ0n) is 17.5. The molecule has 31 heavy (non-hydrogen) atoms. The fraction of sp³-hybridized carbons (Fsp3) is 0.192. The van der Waals surface area contributed by atoms with Crippen LogP contribution in [0.2, 0.25) is 0 Å². The van der Waals surface area contributed by atoms with Crippen LogP contribution in [0.3, 0.4) is 0 Å². The second-order valence-electron chi connectivity index (χ2n) is 7.73. The zero-order chi connectivity index (χ0) is 21.0. The molecule has 2 N–H and O–H groups in total. The van der Waals surface area contributed by atoms with Gasteiger partial charge in [-0.05, 0) is 46.9 Å². The van der Waals surface area contributed by atoms with Crippen molar-refractivity contribution in [2.24, 2.45) is 0 Å². The normalized spacial score (nSPS) is 15.8. The molecule has 4 aromatic rings. The highest BCUT2D eigenvalue weighted by Gasteiger charge is 2.21. The third-order valence-corrected chi connectivity index (χ3v) is 5.70. The minimum atomic E-state index is 0.123. The van der Waals surface area contributed by atoms with Crippen molar-refractivity contribution in [1.82, 2.24) is 15.5 Å². The highest BCUT2D eigenvalue weighted by atomic mass is 16.5. The molecule has 0 radical (unpaired) electrons. The van der Waals surface area contributed by atoms with E-state index in [2.05, 4.69) is 70.1 Å². The van der Waals surface area contributed by atoms with Gasteiger partial charge in [0, 0.05) is 11.9 Å². The quantitative estimate of drug-likeness (QED) is 0.466. The smallest absolute Gasteiger partial charge is 0.161 e. The molecule has 1 aromatic heterocycles. The Morgan fingerprint density at radius 1 is 1.06 bits per heavy atom. The number of aromatic amines is 1. The van der Waals surface area contributed by atoms with Gasteiger partial charge in [-0.3, -0.25) is 5.10 Å². The Labute approximate surface area is 181 Å². The summed E-state index contributed by atoms with van der Waals surface area (Å²) < 4.78 is 11.8. The van der Waals surface area contributed by atoms with Crippen LogP contribution in [0.5, 0.6) is 11.5 Å². The van der Waals surface area contributed by atoms with Crippen LogP contribution < -0.4 is 14.8 Å². The molecule has 5 heteroatoms. The molecule has 5 rings (SSSR count). The van der Waals surface area contributed by atoms with E-state index in [0.717, 1.165) is 46.5 Å². The van der Waals surface area contributed by atoms with Gasteiger partial charge in [0.05, 0.1) is 24.9 Å². The van der Waals surface area contributed by atoms with Crippen LogP contribution in [0.25, 0.3) is 17.0 Å². The van der Waals surface area contributed by atoms with Crippen molar-refractivity contribution in [3.63, 3.8) is 0 Å². The molecule has 1 unspecified atom stereocenters. The first-order valence-electron chi connectivity index (χ1n) is 10.5. The van der Waals surface area contributed by atoms with Crippen molar-refractivity contribution in [2.45, 2.75) is 19.1 Å². The molecular weight excluding hydrogens is 386 g/mol. The predicted octanol–water partition coefficient (Wildman–Crippen LogP) is 5.05. The van der Waals surface area contributed by atoms with Gasteiger partial charge in [0.15, 0.2) is 11.5 Å². The first-order valence-corrected chi connectivity index (χ1v) is 10.5. The van der Waals surface area contributed by atoms with Crippen LogP contribution in [0.1, 0.15) is 28.3 Å². The summed E-state index contributed by atoms with van der Waals surface area (Å²) in [5.74, 6) is 1.55. The van der Waals surface area contributed by atoms with E-state index in [9.17, 15) is 0 Å². The van der Waals surface area contributed by atoms with Crippen LogP contribution in [-0.4, -0.2) is 23.9 Å². The molecule has 1 aliphatic rings. The van der Waals surface area contributed by atoms with Crippen LogP contribution >= 0.6 is 0 Å². The molecule has 0 aliphatic carbocycles. The van der Waals surface area contributed by atoms with Gasteiger partial charge in [-0.1, -0.05) is 54.6 Å². The Hall–Kier alpha value is -3.57. The first kappa shape index (κ1) is 19.4. The second-order valence-corrected chi connectivity index (χ2v) is 7.73. The van der Waals surface area contributed by atoms with Crippen LogP contribution in [0, 0.1) is 0 Å². The summed E-state index contributed by atoms with van der Waals surface area (Å²) in [6.45, 7) is 1.44. The van der Waals surface area contributed by atoms with Gasteiger partial charge in [-0.15, -0.1) is 0 Å². The molecule has 2 heterocycles. The number of H-pyrrole nitrogens is 1. The summed E-state index contributed by atoms with van der Waals surface area (Å²) in [6, 6.07) is 20.9. The lowest BCUT2D eigenvalue weighted by atomic mass is 9.93. The minimum absolute atomic E-state index is 0.123. The van der Waals surface area contributed by atoms with E-state index >= 15 is 0 Å². The zero-order valence-corrected chi connectivity index (χ0v) is 17.5. The number of hydrogen-bond acceptors (Lipinski definition) is 4. The Bertz CT molecular complexity index is 1210. The van der Waals surface area contributed by atoms with Gasteiger partial charge in [0.1, 0.15) is 6.61 Å². The second kappa shape index (κ2) is 8.66. The molecule has 1 aliphatic heterocycles. The van der Waals surface area contributed by atoms with E-state index in [1.165, 1.54) is 11.1 Å². The number of ether oxygens (including phenoxy) is 2. The summed E-state index contributed by atoms with van der Waals surface area (Å²) in [7, 11) is 1.69. The minimum Gasteiger partial charge on any atom is -0.493 e. The van der Waals surface area contributed by atoms with Crippen LogP contribution in [0.15, 0.2) is 72.9 Å². The van der Waals surface area contributed by atoms with E-state index in [4.69, 9.17) is 9.47 Å². The summed E-state index contributed by atoms with van der Waals surface area (Å²) in [6.07, 6.45) is 7.16. The molecule has 0 bridgehead atoms. The Kier molecular flexibility index (Phi) is 5.42. The molecule has 0 fully saturated rings. The lowest BCUT2D eigenvalue weighted by Crippen LogP contribution is -2.28. The van der Waals surface area contributed by atoms with Crippen molar-refractivity contribution in [3.05, 3.63) is 95.2 Å². The number of aromatic nitrogens is 2. The number of nitrogens with one attached hydrogen (secondary N) is 2. The maximum Gasteiger partial charge on any atom is 0.161 e. The first-order chi connectivity index (χ1) is 15.3. The van der Waals surface area contributed by atoms with Crippen molar-refractivity contribution in [2.75, 3.05) is 13.7 Å². The molecular formula is C26H25N3O2. The number of hydrogen-bond donors (Lipinski definition) is 2. The van der Waals surface area contributed by atoms with E-state index < -0.39 is 0 Å². The van der Waals surface area contributed by atoms with Crippen molar-refractivity contribution >= 4 is 17.0 Å². The van der Waals surface area contributed by atoms with Crippen LogP contribution in [-0.2, 0) is 13.0 Å². The molecule has 0 amide bonds. The fourth-order valence-corrected chi connectivity index (χ4v) is 4.04. The molecule has 3 aromatic carbocycles. The highest BCUT2D eigenvalue weighted by Crippen LogP contribution is 2.36. The van der Waals surface area contributed by atoms with Crippen LogP contribution in [0.4, 0.5) is 0 Å². The molecule has 0 saturated carbocycles. The molecule has 156 valence electrons. The highest BCUT2D eigenvalue weighted by molar-refractivity contribution is 5.80. The summed E-state index contributed by atoms with van der Waals surface area (Å²) in [5.41, 5.74) is 5.84. The molecule has 5 nitrogen and oxygen atoms in total. The maximum absolute atomic E-state index is 6.11. The lowest BCUT2D eigenvalue weighted by molar-refractivity contribution is 0.283. The van der Waals surface area contributed by atoms with Gasteiger partial charge < -0.3 is 14.8 Å². The molecule has 0 saturated heterocycles. The van der Waals surface area contributed by atoms with Gasteiger partial charge >= 0.3 is 0 Å². The standard InChI is InChI=1S/C26H25N3O2/c1-30-25-15-22-20(14-26(25)31-17-19-5-3-2-4-6-19)11-12-27-23(22)10-8-18-7-9-21-16-28-29-24(21)13-18/h2-10,13-16,23,27H,11-12,17H2,1H3,(H,28,29).